The summed E-state index contributed by atoms with van der Waals surface area (Å²) in [6.45, 7) is 2.50. The van der Waals surface area contributed by atoms with Crippen LogP contribution < -0.4 is 9.47 Å². The molecule has 0 N–H and O–H groups in total. The lowest BCUT2D eigenvalue weighted by molar-refractivity contribution is -0.139. The van der Waals surface area contributed by atoms with Crippen LogP contribution in [0.25, 0.3) is 0 Å². The fraction of sp³-hybridized carbons (Fsp3) is 0.391. The van der Waals surface area contributed by atoms with Crippen LogP contribution in [0.2, 0.25) is 0 Å². The van der Waals surface area contributed by atoms with Crippen LogP contribution in [0, 0.1) is 0 Å². The van der Waals surface area contributed by atoms with E-state index in [0.29, 0.717) is 50.6 Å². The maximum Gasteiger partial charge on any atom is 0.254 e. The van der Waals surface area contributed by atoms with E-state index in [2.05, 4.69) is 0 Å². The molecule has 0 saturated carbocycles. The molecule has 2 saturated heterocycles. The van der Waals surface area contributed by atoms with Crippen molar-refractivity contribution in [2.75, 3.05) is 40.0 Å². The third-order valence-corrected chi connectivity index (χ3v) is 5.51. The van der Waals surface area contributed by atoms with Crippen molar-refractivity contribution in [3.05, 3.63) is 60.2 Å². The summed E-state index contributed by atoms with van der Waals surface area (Å²) in [7, 11) is 1.58. The molecule has 0 spiro atoms. The van der Waals surface area contributed by atoms with Gasteiger partial charge in [-0.3, -0.25) is 9.59 Å². The Labute approximate surface area is 176 Å². The van der Waals surface area contributed by atoms with E-state index in [-0.39, 0.29) is 17.9 Å². The molecule has 2 aliphatic heterocycles. The molecule has 0 bridgehead atoms. The van der Waals surface area contributed by atoms with E-state index < -0.39 is 6.04 Å². The number of para-hydroxylation sites is 1. The fourth-order valence-corrected chi connectivity index (χ4v) is 3.93. The van der Waals surface area contributed by atoms with Crippen LogP contribution in [0.5, 0.6) is 11.5 Å². The molecule has 7 nitrogen and oxygen atoms in total. The second-order valence-electron chi connectivity index (χ2n) is 7.43. The first kappa shape index (κ1) is 20.2. The summed E-state index contributed by atoms with van der Waals surface area (Å²) in [4.78, 5) is 30.0. The summed E-state index contributed by atoms with van der Waals surface area (Å²) < 4.78 is 16.6. The molecule has 0 unspecified atom stereocenters. The number of methoxy groups -OCH3 is 1. The zero-order valence-corrected chi connectivity index (χ0v) is 17.0. The Kier molecular flexibility index (Phi) is 6.18. The van der Waals surface area contributed by atoms with E-state index in [0.717, 1.165) is 5.75 Å². The smallest absolute Gasteiger partial charge is 0.254 e. The number of ether oxygens (including phenoxy) is 3. The van der Waals surface area contributed by atoms with E-state index in [9.17, 15) is 9.59 Å². The molecule has 0 radical (unpaired) electrons. The molecule has 2 aromatic carbocycles. The molecule has 158 valence electrons. The SMILES string of the molecule is COc1ccc(C(=O)N2C[C@@H](Oc3ccccc3)C[C@H]2C(=O)N2CCOCC2)cc1. The number of hydrogen-bond acceptors (Lipinski definition) is 5. The lowest BCUT2D eigenvalue weighted by Crippen LogP contribution is -2.51. The van der Waals surface area contributed by atoms with Crippen molar-refractivity contribution >= 4 is 11.8 Å². The molecule has 0 aromatic heterocycles. The van der Waals surface area contributed by atoms with Crippen LogP contribution in [-0.4, -0.2) is 73.7 Å². The zero-order chi connectivity index (χ0) is 20.9. The molecule has 2 fully saturated rings. The van der Waals surface area contributed by atoms with Gasteiger partial charge in [0.05, 0.1) is 26.9 Å². The quantitative estimate of drug-likeness (QED) is 0.756. The highest BCUT2D eigenvalue weighted by Crippen LogP contribution is 2.27. The van der Waals surface area contributed by atoms with Crippen LogP contribution >= 0.6 is 0 Å². The predicted octanol–water partition coefficient (Wildman–Crippen LogP) is 2.22. The van der Waals surface area contributed by atoms with Crippen LogP contribution in [0.4, 0.5) is 0 Å². The Morgan fingerprint density at radius 2 is 1.67 bits per heavy atom. The van der Waals surface area contributed by atoms with E-state index >= 15 is 0 Å². The highest BCUT2D eigenvalue weighted by atomic mass is 16.5. The van der Waals surface area contributed by atoms with Crippen molar-refractivity contribution in [3.63, 3.8) is 0 Å². The van der Waals surface area contributed by atoms with Gasteiger partial charge in [-0.25, -0.2) is 0 Å². The summed E-state index contributed by atoms with van der Waals surface area (Å²) in [6, 6.07) is 15.9. The van der Waals surface area contributed by atoms with Gasteiger partial charge in [0.2, 0.25) is 5.91 Å². The van der Waals surface area contributed by atoms with Crippen molar-refractivity contribution in [3.8, 4) is 11.5 Å². The first-order chi connectivity index (χ1) is 14.7. The number of carbonyl (C=O) groups is 2. The topological polar surface area (TPSA) is 68.3 Å². The molecule has 2 aromatic rings. The Morgan fingerprint density at radius 3 is 2.33 bits per heavy atom. The number of nitrogens with zero attached hydrogens (tertiary/aromatic N) is 2. The Bertz CT molecular complexity index is 865. The number of hydrogen-bond donors (Lipinski definition) is 0. The molecule has 2 atom stereocenters. The highest BCUT2D eigenvalue weighted by Gasteiger charge is 2.42. The van der Waals surface area contributed by atoms with Crippen molar-refractivity contribution in [2.45, 2.75) is 18.6 Å². The molecule has 4 rings (SSSR count). The monoisotopic (exact) mass is 410 g/mol. The number of likely N-dealkylation sites (tertiary alicyclic amines) is 1. The van der Waals surface area contributed by atoms with Gasteiger partial charge in [-0.15, -0.1) is 0 Å². The number of morpholine rings is 1. The predicted molar refractivity (Wildman–Crippen MR) is 111 cm³/mol. The van der Waals surface area contributed by atoms with Gasteiger partial charge in [0.15, 0.2) is 0 Å². The summed E-state index contributed by atoms with van der Waals surface area (Å²) in [5.74, 6) is 1.20. The highest BCUT2D eigenvalue weighted by molar-refractivity contribution is 5.98. The van der Waals surface area contributed by atoms with E-state index in [1.54, 1.807) is 41.2 Å². The molecular formula is C23H26N2O5. The second kappa shape index (κ2) is 9.17. The number of rotatable bonds is 5. The van der Waals surface area contributed by atoms with Gasteiger partial charge >= 0.3 is 0 Å². The molecular weight excluding hydrogens is 384 g/mol. The fourth-order valence-electron chi connectivity index (χ4n) is 3.93. The standard InChI is InChI=1S/C23H26N2O5/c1-28-18-9-7-17(8-10-18)22(26)25-16-20(30-19-5-3-2-4-6-19)15-21(25)23(27)24-11-13-29-14-12-24/h2-10,20-21H,11-16H2,1H3/t20-,21-/m0/s1. The third-order valence-electron chi connectivity index (χ3n) is 5.51. The van der Waals surface area contributed by atoms with E-state index in [4.69, 9.17) is 14.2 Å². The van der Waals surface area contributed by atoms with Crippen LogP contribution in [0.1, 0.15) is 16.8 Å². The maximum atomic E-state index is 13.3. The molecule has 2 aliphatic rings. The number of amides is 2. The van der Waals surface area contributed by atoms with Crippen LogP contribution in [0.15, 0.2) is 54.6 Å². The Balaban J connectivity index is 1.54. The van der Waals surface area contributed by atoms with Crippen molar-refractivity contribution in [1.29, 1.82) is 0 Å². The van der Waals surface area contributed by atoms with Crippen molar-refractivity contribution in [1.82, 2.24) is 9.80 Å². The second-order valence-corrected chi connectivity index (χ2v) is 7.43. The van der Waals surface area contributed by atoms with Gasteiger partial charge in [0.1, 0.15) is 23.6 Å². The van der Waals surface area contributed by atoms with Crippen LogP contribution in [0.3, 0.4) is 0 Å². The third kappa shape index (κ3) is 4.41. The largest absolute Gasteiger partial charge is 0.497 e. The van der Waals surface area contributed by atoms with Gasteiger partial charge in [0, 0.05) is 25.1 Å². The lowest BCUT2D eigenvalue weighted by atomic mass is 10.1. The first-order valence-electron chi connectivity index (χ1n) is 10.2. The van der Waals surface area contributed by atoms with Gasteiger partial charge in [-0.2, -0.15) is 0 Å². The van der Waals surface area contributed by atoms with Gasteiger partial charge in [0.25, 0.3) is 5.91 Å². The van der Waals surface area contributed by atoms with Crippen molar-refractivity contribution < 1.29 is 23.8 Å². The normalized spacial score (nSPS) is 21.4. The zero-order valence-electron chi connectivity index (χ0n) is 17.0. The van der Waals surface area contributed by atoms with Gasteiger partial charge < -0.3 is 24.0 Å². The Hall–Kier alpha value is -3.06. The molecule has 30 heavy (non-hydrogen) atoms. The summed E-state index contributed by atoms with van der Waals surface area (Å²) in [5, 5.41) is 0. The minimum absolute atomic E-state index is 0.0423. The Morgan fingerprint density at radius 1 is 0.967 bits per heavy atom. The summed E-state index contributed by atoms with van der Waals surface area (Å²) >= 11 is 0. The number of carbonyl (C=O) groups excluding carboxylic acids is 2. The summed E-state index contributed by atoms with van der Waals surface area (Å²) in [5.41, 5.74) is 0.524. The number of benzene rings is 2. The lowest BCUT2D eigenvalue weighted by Gasteiger charge is -2.32. The average molecular weight is 410 g/mol. The molecule has 0 aliphatic carbocycles. The maximum absolute atomic E-state index is 13.3. The summed E-state index contributed by atoms with van der Waals surface area (Å²) in [6.07, 6.45) is 0.220. The van der Waals surface area contributed by atoms with E-state index in [1.807, 2.05) is 30.3 Å². The van der Waals surface area contributed by atoms with Gasteiger partial charge in [-0.05, 0) is 36.4 Å². The average Bonchev–Trinajstić information content (AvgIpc) is 3.23. The molecule has 7 heteroatoms. The van der Waals surface area contributed by atoms with Crippen LogP contribution in [-0.2, 0) is 9.53 Å². The van der Waals surface area contributed by atoms with E-state index in [1.165, 1.54) is 0 Å². The molecule has 2 amide bonds. The van der Waals surface area contributed by atoms with Gasteiger partial charge in [-0.1, -0.05) is 18.2 Å². The minimum atomic E-state index is -0.550. The van der Waals surface area contributed by atoms with Crippen molar-refractivity contribution in [2.24, 2.45) is 0 Å². The molecule has 2 heterocycles. The first-order valence-corrected chi connectivity index (χ1v) is 10.2. The minimum Gasteiger partial charge on any atom is -0.497 e.